The first-order valence-electron chi connectivity index (χ1n) is 10.4. The van der Waals surface area contributed by atoms with E-state index in [2.05, 4.69) is 11.0 Å². The van der Waals surface area contributed by atoms with Gasteiger partial charge in [-0.2, -0.15) is 0 Å². The molecule has 0 fully saturated rings. The highest BCUT2D eigenvalue weighted by molar-refractivity contribution is 5.94. The third-order valence-corrected chi connectivity index (χ3v) is 4.69. The second-order valence-electron chi connectivity index (χ2n) is 7.10. The number of carbonyl (C=O) groups excluding carboxylic acids is 2. The van der Waals surface area contributed by atoms with Crippen molar-refractivity contribution in [3.63, 3.8) is 0 Å². The number of benzene rings is 3. The van der Waals surface area contributed by atoms with E-state index in [1.807, 2.05) is 66.7 Å². The van der Waals surface area contributed by atoms with Crippen LogP contribution in [0.3, 0.4) is 0 Å². The molecule has 0 unspecified atom stereocenters. The summed E-state index contributed by atoms with van der Waals surface area (Å²) in [6.45, 7) is 0.0132. The van der Waals surface area contributed by atoms with Gasteiger partial charge in [0.05, 0.1) is 6.04 Å². The molecule has 0 aliphatic carbocycles. The summed E-state index contributed by atoms with van der Waals surface area (Å²) >= 11 is 0. The zero-order valence-corrected chi connectivity index (χ0v) is 16.7. The molecule has 0 bridgehead atoms. The lowest BCUT2D eigenvalue weighted by molar-refractivity contribution is -0.145. The highest BCUT2D eigenvalue weighted by Crippen LogP contribution is 2.08. The van der Waals surface area contributed by atoms with Gasteiger partial charge >= 0.3 is 5.97 Å². The SMILES string of the molecule is [2H]N[C@H](Cc1ccccc1)C(=O)OC[C@H](Cc1ccccc1)NC(=O)c1ccccc1. The molecular weight excluding hydrogens is 376 g/mol. The van der Waals surface area contributed by atoms with Crippen molar-refractivity contribution >= 4 is 11.9 Å². The monoisotopic (exact) mass is 403 g/mol. The molecular formula is C25H26N2O3. The summed E-state index contributed by atoms with van der Waals surface area (Å²) < 4.78 is 13.0. The van der Waals surface area contributed by atoms with Gasteiger partial charge in [-0.15, -0.1) is 0 Å². The molecule has 3 aromatic carbocycles. The van der Waals surface area contributed by atoms with Crippen LogP contribution in [0.4, 0.5) is 0 Å². The van der Waals surface area contributed by atoms with E-state index in [0.29, 0.717) is 18.4 Å². The molecule has 1 amide bonds. The van der Waals surface area contributed by atoms with Crippen LogP contribution in [0.25, 0.3) is 0 Å². The summed E-state index contributed by atoms with van der Waals surface area (Å²) in [5.74, 6) is -0.747. The highest BCUT2D eigenvalue weighted by atomic mass is 16.5. The van der Waals surface area contributed by atoms with Gasteiger partial charge in [-0.3, -0.25) is 9.59 Å². The molecule has 3 N–H and O–H groups in total. The average molecular weight is 404 g/mol. The van der Waals surface area contributed by atoms with E-state index in [4.69, 9.17) is 6.15 Å². The van der Waals surface area contributed by atoms with E-state index in [0.717, 1.165) is 11.1 Å². The third kappa shape index (κ3) is 6.57. The van der Waals surface area contributed by atoms with E-state index < -0.39 is 18.1 Å². The number of esters is 1. The maximum atomic E-state index is 12.6. The van der Waals surface area contributed by atoms with Crippen molar-refractivity contribution in [3.8, 4) is 0 Å². The lowest BCUT2D eigenvalue weighted by atomic mass is 10.1. The van der Waals surface area contributed by atoms with Crippen LogP contribution in [-0.2, 0) is 22.4 Å². The molecule has 0 saturated carbocycles. The fraction of sp³-hybridized carbons (Fsp3) is 0.200. The standard InChI is InChI=1S/C25H26N2O3/c26-23(17-20-12-6-2-7-13-20)25(29)30-18-22(16-19-10-4-1-5-11-19)27-24(28)21-14-8-3-9-15-21/h1-15,22-23H,16-18,26H2,(H,27,28)/t22-,23+/m0/s1/i/hD. The van der Waals surface area contributed by atoms with Gasteiger partial charge in [-0.25, -0.2) is 0 Å². The number of hydrogen-bond donors (Lipinski definition) is 2. The molecule has 2 atom stereocenters. The van der Waals surface area contributed by atoms with Crippen LogP contribution >= 0.6 is 0 Å². The lowest BCUT2D eigenvalue weighted by Gasteiger charge is -2.20. The number of ether oxygens (including phenoxy) is 1. The minimum absolute atomic E-state index is 0.0132. The van der Waals surface area contributed by atoms with Crippen molar-refractivity contribution in [3.05, 3.63) is 108 Å². The number of rotatable bonds is 10. The van der Waals surface area contributed by atoms with Crippen LogP contribution < -0.4 is 11.0 Å². The van der Waals surface area contributed by atoms with E-state index in [1.54, 1.807) is 24.3 Å². The van der Waals surface area contributed by atoms with Gasteiger partial charge in [-0.05, 0) is 36.1 Å². The Bertz CT molecular complexity index is 952. The van der Waals surface area contributed by atoms with E-state index in [1.165, 1.54) is 0 Å². The Labute approximate surface area is 178 Å². The molecule has 3 rings (SSSR count). The number of carbonyl (C=O) groups is 2. The fourth-order valence-electron chi connectivity index (χ4n) is 3.12. The van der Waals surface area contributed by atoms with Gasteiger partial charge in [0, 0.05) is 5.56 Å². The maximum absolute atomic E-state index is 12.6. The molecule has 0 radical (unpaired) electrons. The first kappa shape index (κ1) is 19.9. The molecule has 0 aromatic heterocycles. The normalized spacial score (nSPS) is 13.0. The minimum atomic E-state index is -0.787. The van der Waals surface area contributed by atoms with Crippen LogP contribution in [0, 0.1) is 0 Å². The first-order chi connectivity index (χ1) is 15.2. The molecule has 0 saturated heterocycles. The average Bonchev–Trinajstić information content (AvgIpc) is 2.82. The van der Waals surface area contributed by atoms with E-state index in [9.17, 15) is 9.59 Å². The van der Waals surface area contributed by atoms with Crippen molar-refractivity contribution in [1.82, 2.24) is 5.32 Å². The van der Waals surface area contributed by atoms with Crippen LogP contribution in [-0.4, -0.2) is 30.6 Å². The van der Waals surface area contributed by atoms with Gasteiger partial charge in [0.15, 0.2) is 0 Å². The minimum Gasteiger partial charge on any atom is -0.462 e. The predicted octanol–water partition coefficient (Wildman–Crippen LogP) is 3.14. The Balaban J connectivity index is 1.64. The summed E-state index contributed by atoms with van der Waals surface area (Å²) in [5.41, 5.74) is 4.78. The van der Waals surface area contributed by atoms with Crippen molar-refractivity contribution in [2.75, 3.05) is 6.61 Å². The number of nitrogens with one attached hydrogen (secondary N) is 1. The summed E-state index contributed by atoms with van der Waals surface area (Å²) in [7, 11) is 0. The summed E-state index contributed by atoms with van der Waals surface area (Å²) in [6.07, 6.45) is 0.868. The number of amides is 1. The zero-order chi connectivity index (χ0) is 21.9. The molecule has 30 heavy (non-hydrogen) atoms. The Hall–Kier alpha value is -3.44. The summed E-state index contributed by atoms with van der Waals surface area (Å²) in [4.78, 5) is 25.2. The Morgan fingerprint density at radius 2 is 1.37 bits per heavy atom. The molecule has 0 heterocycles. The van der Waals surface area contributed by atoms with Crippen LogP contribution in [0.2, 0.25) is 1.41 Å². The van der Waals surface area contributed by atoms with Crippen molar-refractivity contribution in [2.24, 2.45) is 5.73 Å². The predicted molar refractivity (Wildman–Crippen MR) is 117 cm³/mol. The van der Waals surface area contributed by atoms with Crippen LogP contribution in [0.15, 0.2) is 91.0 Å². The summed E-state index contributed by atoms with van der Waals surface area (Å²) in [6, 6.07) is 26.9. The maximum Gasteiger partial charge on any atom is 0.323 e. The molecule has 3 aromatic rings. The smallest absolute Gasteiger partial charge is 0.323 e. The van der Waals surface area contributed by atoms with Gasteiger partial charge < -0.3 is 15.8 Å². The topological polar surface area (TPSA) is 81.4 Å². The van der Waals surface area contributed by atoms with Crippen molar-refractivity contribution < 1.29 is 15.7 Å². The molecule has 0 spiro atoms. The zero-order valence-electron chi connectivity index (χ0n) is 17.7. The molecule has 5 heteroatoms. The van der Waals surface area contributed by atoms with Crippen molar-refractivity contribution in [1.29, 1.82) is 0 Å². The Morgan fingerprint density at radius 1 is 0.833 bits per heavy atom. The quantitative estimate of drug-likeness (QED) is 0.510. The Morgan fingerprint density at radius 3 is 1.93 bits per heavy atom. The van der Waals surface area contributed by atoms with Gasteiger partial charge in [0.2, 0.25) is 0 Å². The Kier molecular flexibility index (Phi) is 7.23. The largest absolute Gasteiger partial charge is 0.462 e. The number of hydrogen-bond acceptors (Lipinski definition) is 4. The van der Waals surface area contributed by atoms with Crippen LogP contribution in [0.5, 0.6) is 0 Å². The summed E-state index contributed by atoms with van der Waals surface area (Å²) in [5, 5.41) is 2.96. The van der Waals surface area contributed by atoms with E-state index >= 15 is 0 Å². The third-order valence-electron chi connectivity index (χ3n) is 4.69. The molecule has 5 nitrogen and oxygen atoms in total. The molecule has 0 aliphatic heterocycles. The van der Waals surface area contributed by atoms with Crippen LogP contribution in [0.1, 0.15) is 21.5 Å². The van der Waals surface area contributed by atoms with Gasteiger partial charge in [-0.1, -0.05) is 78.9 Å². The number of nitrogens with two attached hydrogens (primary N) is 1. The second-order valence-corrected chi connectivity index (χ2v) is 7.10. The van der Waals surface area contributed by atoms with Gasteiger partial charge in [0.25, 0.3) is 5.91 Å². The molecule has 0 aliphatic rings. The van der Waals surface area contributed by atoms with E-state index in [-0.39, 0.29) is 12.5 Å². The lowest BCUT2D eigenvalue weighted by Crippen LogP contribution is -2.42. The van der Waals surface area contributed by atoms with Crippen molar-refractivity contribution in [2.45, 2.75) is 24.9 Å². The molecule has 154 valence electrons. The second kappa shape index (κ2) is 10.9. The fourth-order valence-corrected chi connectivity index (χ4v) is 3.12. The first-order valence-corrected chi connectivity index (χ1v) is 9.93. The highest BCUT2D eigenvalue weighted by Gasteiger charge is 2.20. The van der Waals surface area contributed by atoms with Gasteiger partial charge in [0.1, 0.15) is 14.1 Å².